The van der Waals surface area contributed by atoms with Gasteiger partial charge < -0.3 is 9.80 Å². The summed E-state index contributed by atoms with van der Waals surface area (Å²) in [5.74, 6) is 0.963. The lowest BCUT2D eigenvalue weighted by Crippen LogP contribution is -2.46. The first-order valence-corrected chi connectivity index (χ1v) is 7.15. The molecule has 0 bridgehead atoms. The fraction of sp³-hybridized carbons (Fsp3) is 1.00. The summed E-state index contributed by atoms with van der Waals surface area (Å²) in [5.41, 5.74) is 0.333. The molecule has 0 amide bonds. The second-order valence-electron chi connectivity index (χ2n) is 5.90. The van der Waals surface area contributed by atoms with E-state index in [-0.39, 0.29) is 0 Å². The Morgan fingerprint density at radius 3 is 2.31 bits per heavy atom. The van der Waals surface area contributed by atoms with Gasteiger partial charge in [0, 0.05) is 12.6 Å². The van der Waals surface area contributed by atoms with E-state index in [0.717, 1.165) is 18.3 Å². The predicted octanol–water partition coefficient (Wildman–Crippen LogP) is 2.36. The Kier molecular flexibility index (Phi) is 5.62. The number of likely N-dealkylation sites (tertiary alicyclic amines) is 1. The van der Waals surface area contributed by atoms with Crippen molar-refractivity contribution in [2.45, 2.75) is 39.7 Å². The van der Waals surface area contributed by atoms with E-state index in [0.29, 0.717) is 5.41 Å². The Labute approximate surface area is 107 Å². The molecule has 1 rings (SSSR count). The Morgan fingerprint density at radius 2 is 1.88 bits per heavy atom. The third kappa shape index (κ3) is 4.27. The number of nitrogens with zero attached hydrogens (tertiary/aromatic N) is 2. The normalized spacial score (nSPS) is 20.6. The second-order valence-corrected chi connectivity index (χ2v) is 6.22. The minimum Gasteiger partial charge on any atom is -0.303 e. The van der Waals surface area contributed by atoms with Gasteiger partial charge in [-0.25, -0.2) is 0 Å². The summed E-state index contributed by atoms with van der Waals surface area (Å²) in [5, 5.41) is 0. The highest BCUT2D eigenvalue weighted by Gasteiger charge is 2.25. The third-order valence-corrected chi connectivity index (χ3v) is 4.59. The largest absolute Gasteiger partial charge is 0.303 e. The van der Waals surface area contributed by atoms with E-state index in [1.807, 2.05) is 0 Å². The fourth-order valence-electron chi connectivity index (χ4n) is 2.53. The first kappa shape index (κ1) is 14.3. The molecule has 0 aliphatic carbocycles. The van der Waals surface area contributed by atoms with Crippen molar-refractivity contribution in [1.82, 2.24) is 9.80 Å². The molecule has 1 fully saturated rings. The minimum atomic E-state index is 0.333. The number of thiol groups is 1. The van der Waals surface area contributed by atoms with Crippen LogP contribution >= 0.6 is 12.6 Å². The lowest BCUT2D eigenvalue weighted by atomic mass is 9.93. The highest BCUT2D eigenvalue weighted by Crippen LogP contribution is 2.22. The van der Waals surface area contributed by atoms with E-state index in [1.165, 1.54) is 32.5 Å². The van der Waals surface area contributed by atoms with Crippen LogP contribution in [0.25, 0.3) is 0 Å². The van der Waals surface area contributed by atoms with Crippen LogP contribution in [0.2, 0.25) is 0 Å². The molecule has 2 nitrogen and oxygen atoms in total. The SMILES string of the molecule is CCN1CCC(N(C)CC(C)(C)CS)CC1. The number of hydrogen-bond donors (Lipinski definition) is 1. The maximum absolute atomic E-state index is 4.43. The molecule has 96 valence electrons. The van der Waals surface area contributed by atoms with Crippen molar-refractivity contribution in [2.24, 2.45) is 5.41 Å². The summed E-state index contributed by atoms with van der Waals surface area (Å²) in [7, 11) is 2.28. The van der Waals surface area contributed by atoms with Gasteiger partial charge in [-0.2, -0.15) is 12.6 Å². The Balaban J connectivity index is 2.36. The number of piperidine rings is 1. The van der Waals surface area contributed by atoms with E-state index >= 15 is 0 Å². The van der Waals surface area contributed by atoms with Gasteiger partial charge in [-0.1, -0.05) is 20.8 Å². The van der Waals surface area contributed by atoms with E-state index < -0.39 is 0 Å². The van der Waals surface area contributed by atoms with Crippen molar-refractivity contribution >= 4 is 12.6 Å². The lowest BCUT2D eigenvalue weighted by Gasteiger charge is -2.39. The monoisotopic (exact) mass is 244 g/mol. The van der Waals surface area contributed by atoms with Gasteiger partial charge in [0.2, 0.25) is 0 Å². The van der Waals surface area contributed by atoms with Crippen molar-refractivity contribution < 1.29 is 0 Å². The van der Waals surface area contributed by atoms with E-state index in [9.17, 15) is 0 Å². The van der Waals surface area contributed by atoms with Crippen LogP contribution in [0.4, 0.5) is 0 Å². The van der Waals surface area contributed by atoms with Crippen LogP contribution in [0.15, 0.2) is 0 Å². The van der Waals surface area contributed by atoms with Gasteiger partial charge >= 0.3 is 0 Å². The molecule has 0 saturated carbocycles. The Morgan fingerprint density at radius 1 is 1.31 bits per heavy atom. The van der Waals surface area contributed by atoms with Gasteiger partial charge in [0.1, 0.15) is 0 Å². The molecule has 0 atom stereocenters. The molecule has 1 heterocycles. The van der Waals surface area contributed by atoms with Gasteiger partial charge in [0.05, 0.1) is 0 Å². The maximum Gasteiger partial charge on any atom is 0.0117 e. The summed E-state index contributed by atoms with van der Waals surface area (Å²) in [6.45, 7) is 11.8. The average molecular weight is 244 g/mol. The minimum absolute atomic E-state index is 0.333. The Bertz CT molecular complexity index is 198. The van der Waals surface area contributed by atoms with Gasteiger partial charge in [-0.05, 0) is 50.7 Å². The molecule has 0 spiro atoms. The molecule has 1 aliphatic rings. The summed E-state index contributed by atoms with van der Waals surface area (Å²) < 4.78 is 0. The summed E-state index contributed by atoms with van der Waals surface area (Å²) in [4.78, 5) is 5.09. The fourth-order valence-corrected chi connectivity index (χ4v) is 2.63. The van der Waals surface area contributed by atoms with E-state index in [1.54, 1.807) is 0 Å². The van der Waals surface area contributed by atoms with Crippen LogP contribution in [-0.4, -0.2) is 54.8 Å². The highest BCUT2D eigenvalue weighted by atomic mass is 32.1. The molecule has 0 radical (unpaired) electrons. The molecule has 1 aliphatic heterocycles. The van der Waals surface area contributed by atoms with E-state index in [4.69, 9.17) is 0 Å². The standard InChI is InChI=1S/C13H28N2S/c1-5-15-8-6-12(7-9-15)14(4)10-13(2,3)11-16/h12,16H,5-11H2,1-4H3. The number of rotatable bonds is 5. The molecular formula is C13H28N2S. The van der Waals surface area contributed by atoms with Crippen molar-refractivity contribution in [3.63, 3.8) is 0 Å². The first-order chi connectivity index (χ1) is 7.48. The molecule has 0 aromatic carbocycles. The van der Waals surface area contributed by atoms with E-state index in [2.05, 4.69) is 50.2 Å². The zero-order valence-electron chi connectivity index (χ0n) is 11.4. The third-order valence-electron chi connectivity index (χ3n) is 3.73. The molecular weight excluding hydrogens is 216 g/mol. The topological polar surface area (TPSA) is 6.48 Å². The smallest absolute Gasteiger partial charge is 0.0117 e. The van der Waals surface area contributed by atoms with Crippen molar-refractivity contribution in [1.29, 1.82) is 0 Å². The van der Waals surface area contributed by atoms with Gasteiger partial charge in [0.15, 0.2) is 0 Å². The molecule has 3 heteroatoms. The van der Waals surface area contributed by atoms with Crippen LogP contribution in [0.3, 0.4) is 0 Å². The average Bonchev–Trinajstić information content (AvgIpc) is 2.28. The zero-order chi connectivity index (χ0) is 12.2. The molecule has 0 aromatic heterocycles. The highest BCUT2D eigenvalue weighted by molar-refractivity contribution is 7.80. The molecule has 16 heavy (non-hydrogen) atoms. The van der Waals surface area contributed by atoms with Crippen LogP contribution in [0, 0.1) is 5.41 Å². The van der Waals surface area contributed by atoms with Crippen molar-refractivity contribution in [3.05, 3.63) is 0 Å². The van der Waals surface area contributed by atoms with Crippen LogP contribution in [0.1, 0.15) is 33.6 Å². The van der Waals surface area contributed by atoms with Gasteiger partial charge in [-0.3, -0.25) is 0 Å². The van der Waals surface area contributed by atoms with Gasteiger partial charge in [0.25, 0.3) is 0 Å². The quantitative estimate of drug-likeness (QED) is 0.742. The Hall–Kier alpha value is 0.270. The second kappa shape index (κ2) is 6.27. The zero-order valence-corrected chi connectivity index (χ0v) is 12.3. The molecule has 0 N–H and O–H groups in total. The number of hydrogen-bond acceptors (Lipinski definition) is 3. The summed E-state index contributed by atoms with van der Waals surface area (Å²) in [6, 6.07) is 0.780. The molecule has 0 aromatic rings. The maximum atomic E-state index is 4.43. The van der Waals surface area contributed by atoms with Crippen molar-refractivity contribution in [2.75, 3.05) is 39.0 Å². The van der Waals surface area contributed by atoms with Crippen molar-refractivity contribution in [3.8, 4) is 0 Å². The summed E-state index contributed by atoms with van der Waals surface area (Å²) >= 11 is 4.43. The summed E-state index contributed by atoms with van der Waals surface area (Å²) in [6.07, 6.45) is 2.65. The van der Waals surface area contributed by atoms with Crippen LogP contribution in [-0.2, 0) is 0 Å². The van der Waals surface area contributed by atoms with Gasteiger partial charge in [-0.15, -0.1) is 0 Å². The molecule has 0 unspecified atom stereocenters. The van der Waals surface area contributed by atoms with Crippen LogP contribution < -0.4 is 0 Å². The van der Waals surface area contributed by atoms with Crippen LogP contribution in [0.5, 0.6) is 0 Å². The molecule has 1 saturated heterocycles. The lowest BCUT2D eigenvalue weighted by molar-refractivity contribution is 0.106. The first-order valence-electron chi connectivity index (χ1n) is 6.52. The predicted molar refractivity (Wildman–Crippen MR) is 75.4 cm³/mol.